The van der Waals surface area contributed by atoms with Gasteiger partial charge in [-0.05, 0) is 13.3 Å². The number of thioether (sulfide) groups is 1. The van der Waals surface area contributed by atoms with E-state index < -0.39 is 0 Å². The number of nitrogens with one attached hydrogen (secondary N) is 3. The Labute approximate surface area is 161 Å². The Balaban J connectivity index is 1.61. The van der Waals surface area contributed by atoms with Crippen LogP contribution < -0.4 is 16.0 Å². The number of anilines is 1. The van der Waals surface area contributed by atoms with E-state index >= 15 is 0 Å². The fourth-order valence-corrected chi connectivity index (χ4v) is 4.62. The van der Waals surface area contributed by atoms with Gasteiger partial charge in [-0.3, -0.25) is 14.9 Å². The minimum atomic E-state index is -0.276. The minimum Gasteiger partial charge on any atom is -0.332 e. The molecule has 8 heteroatoms. The van der Waals surface area contributed by atoms with Gasteiger partial charge in [-0.1, -0.05) is 37.3 Å². The summed E-state index contributed by atoms with van der Waals surface area (Å²) in [6.45, 7) is 3.93. The molecule has 3 N–H and O–H groups in total. The van der Waals surface area contributed by atoms with Crippen molar-refractivity contribution in [1.82, 2.24) is 15.6 Å². The van der Waals surface area contributed by atoms with Crippen molar-refractivity contribution in [2.24, 2.45) is 0 Å². The predicted octanol–water partition coefficient (Wildman–Crippen LogP) is 3.04. The fourth-order valence-electron chi connectivity index (χ4n) is 2.68. The number of carbonyl (C=O) groups is 2. The standard InChI is InChI=1S/C18H22N4O2S2/c1-3-14(26-18-19-11(2)9-15(23)21-18)16(24)22-17-20-13(10-25-17)12-7-5-4-6-8-12/h4-8,10-11,14,18-19H,3,9H2,1-2H3,(H,21,23)(H,20,22,24). The Morgan fingerprint density at radius 1 is 1.42 bits per heavy atom. The lowest BCUT2D eigenvalue weighted by Gasteiger charge is -2.31. The lowest BCUT2D eigenvalue weighted by atomic mass is 10.2. The molecule has 0 aliphatic carbocycles. The summed E-state index contributed by atoms with van der Waals surface area (Å²) in [6, 6.07) is 9.97. The molecule has 6 nitrogen and oxygen atoms in total. The van der Waals surface area contributed by atoms with Crippen molar-refractivity contribution in [2.45, 2.75) is 43.5 Å². The molecule has 0 spiro atoms. The molecule has 2 heterocycles. The van der Waals surface area contributed by atoms with Crippen LogP contribution in [0.4, 0.5) is 5.13 Å². The Bertz CT molecular complexity index is 766. The molecule has 1 aliphatic heterocycles. The molecule has 1 aromatic heterocycles. The fraction of sp³-hybridized carbons (Fsp3) is 0.389. The first-order valence-electron chi connectivity index (χ1n) is 8.58. The van der Waals surface area contributed by atoms with E-state index in [4.69, 9.17) is 0 Å². The number of nitrogens with zero attached hydrogens (tertiary/aromatic N) is 1. The van der Waals surface area contributed by atoms with E-state index in [-0.39, 0.29) is 28.6 Å². The molecule has 2 amide bonds. The number of amides is 2. The van der Waals surface area contributed by atoms with Crippen LogP contribution in [0.5, 0.6) is 0 Å². The van der Waals surface area contributed by atoms with Crippen molar-refractivity contribution in [1.29, 1.82) is 0 Å². The molecule has 26 heavy (non-hydrogen) atoms. The van der Waals surface area contributed by atoms with Crippen LogP contribution in [0.1, 0.15) is 26.7 Å². The van der Waals surface area contributed by atoms with Gasteiger partial charge < -0.3 is 10.6 Å². The largest absolute Gasteiger partial charge is 0.332 e. The van der Waals surface area contributed by atoms with Crippen LogP contribution in [-0.4, -0.2) is 33.6 Å². The zero-order chi connectivity index (χ0) is 18.5. The second-order valence-electron chi connectivity index (χ2n) is 6.15. The Morgan fingerprint density at radius 2 is 2.19 bits per heavy atom. The number of rotatable bonds is 6. The number of thiazole rings is 1. The summed E-state index contributed by atoms with van der Waals surface area (Å²) >= 11 is 2.84. The molecule has 3 atom stereocenters. The predicted molar refractivity (Wildman–Crippen MR) is 107 cm³/mol. The van der Waals surface area contributed by atoms with Crippen molar-refractivity contribution in [2.75, 3.05) is 5.32 Å². The first kappa shape index (κ1) is 18.9. The summed E-state index contributed by atoms with van der Waals surface area (Å²) in [5.74, 6) is -0.0859. The number of carbonyl (C=O) groups excluding carboxylic acids is 2. The first-order chi connectivity index (χ1) is 12.5. The van der Waals surface area contributed by atoms with Gasteiger partial charge in [0.25, 0.3) is 0 Å². The molecular formula is C18H22N4O2S2. The zero-order valence-electron chi connectivity index (χ0n) is 14.7. The first-order valence-corrected chi connectivity index (χ1v) is 10.4. The van der Waals surface area contributed by atoms with Crippen LogP contribution in [0.2, 0.25) is 0 Å². The van der Waals surface area contributed by atoms with Gasteiger partial charge >= 0.3 is 0 Å². The van der Waals surface area contributed by atoms with E-state index in [9.17, 15) is 9.59 Å². The van der Waals surface area contributed by atoms with Gasteiger partial charge in [0.1, 0.15) is 5.50 Å². The van der Waals surface area contributed by atoms with E-state index in [1.165, 1.54) is 23.1 Å². The summed E-state index contributed by atoms with van der Waals surface area (Å²) in [5.41, 5.74) is 1.62. The summed E-state index contributed by atoms with van der Waals surface area (Å²) in [4.78, 5) is 28.8. The third kappa shape index (κ3) is 4.84. The minimum absolute atomic E-state index is 0.0106. The van der Waals surface area contributed by atoms with Gasteiger partial charge in [0.05, 0.1) is 10.9 Å². The topological polar surface area (TPSA) is 83.1 Å². The molecule has 0 radical (unpaired) electrons. The van der Waals surface area contributed by atoms with Crippen molar-refractivity contribution in [3.05, 3.63) is 35.7 Å². The number of hydrogen-bond donors (Lipinski definition) is 3. The lowest BCUT2D eigenvalue weighted by molar-refractivity contribution is -0.123. The van der Waals surface area contributed by atoms with Crippen molar-refractivity contribution in [3.8, 4) is 11.3 Å². The molecule has 2 aromatic rings. The number of benzene rings is 1. The van der Waals surface area contributed by atoms with Crippen molar-refractivity contribution < 1.29 is 9.59 Å². The summed E-state index contributed by atoms with van der Waals surface area (Å²) in [5, 5.41) is 11.3. The van der Waals surface area contributed by atoms with Crippen molar-refractivity contribution in [3.63, 3.8) is 0 Å². The van der Waals surface area contributed by atoms with E-state index in [1.807, 2.05) is 49.6 Å². The van der Waals surface area contributed by atoms with Crippen molar-refractivity contribution >= 4 is 40.0 Å². The molecule has 1 saturated heterocycles. The van der Waals surface area contributed by atoms with Crippen LogP contribution in [0.25, 0.3) is 11.3 Å². The molecule has 0 bridgehead atoms. The van der Waals surface area contributed by atoms with Crippen LogP contribution >= 0.6 is 23.1 Å². The molecule has 138 valence electrons. The third-order valence-electron chi connectivity index (χ3n) is 3.99. The molecular weight excluding hydrogens is 368 g/mol. The van der Waals surface area contributed by atoms with Gasteiger partial charge in [-0.2, -0.15) is 0 Å². The molecule has 3 unspecified atom stereocenters. The average molecular weight is 391 g/mol. The molecule has 0 saturated carbocycles. The van der Waals surface area contributed by atoms with E-state index in [2.05, 4.69) is 20.9 Å². The highest BCUT2D eigenvalue weighted by molar-refractivity contribution is 8.01. The quantitative estimate of drug-likeness (QED) is 0.706. The Kier molecular flexibility index (Phi) is 6.29. The average Bonchev–Trinajstić information content (AvgIpc) is 3.08. The van der Waals surface area contributed by atoms with E-state index in [0.717, 1.165) is 11.3 Å². The van der Waals surface area contributed by atoms with Gasteiger partial charge in [-0.25, -0.2) is 4.98 Å². The number of hydrogen-bond acceptors (Lipinski definition) is 6. The maximum absolute atomic E-state index is 12.6. The smallest absolute Gasteiger partial charge is 0.239 e. The van der Waals surface area contributed by atoms with E-state index in [0.29, 0.717) is 18.0 Å². The van der Waals surface area contributed by atoms with Gasteiger partial charge in [-0.15, -0.1) is 23.1 Å². The van der Waals surface area contributed by atoms with Gasteiger partial charge in [0, 0.05) is 23.4 Å². The van der Waals surface area contributed by atoms with Crippen LogP contribution in [0.3, 0.4) is 0 Å². The maximum atomic E-state index is 12.6. The van der Waals surface area contributed by atoms with Gasteiger partial charge in [0.15, 0.2) is 5.13 Å². The van der Waals surface area contributed by atoms with E-state index in [1.54, 1.807) is 0 Å². The molecule has 1 fully saturated rings. The van der Waals surface area contributed by atoms with Crippen LogP contribution in [-0.2, 0) is 9.59 Å². The summed E-state index contributed by atoms with van der Waals surface area (Å²) in [6.07, 6.45) is 1.12. The summed E-state index contributed by atoms with van der Waals surface area (Å²) in [7, 11) is 0. The van der Waals surface area contributed by atoms with Gasteiger partial charge in [0.2, 0.25) is 11.8 Å². The highest BCUT2D eigenvalue weighted by Gasteiger charge is 2.28. The molecule has 3 rings (SSSR count). The number of aromatic nitrogens is 1. The normalized spacial score (nSPS) is 21.1. The Hall–Kier alpha value is -1.90. The highest BCUT2D eigenvalue weighted by atomic mass is 32.2. The van der Waals surface area contributed by atoms with Crippen LogP contribution in [0.15, 0.2) is 35.7 Å². The highest BCUT2D eigenvalue weighted by Crippen LogP contribution is 2.26. The summed E-state index contributed by atoms with van der Waals surface area (Å²) < 4.78 is 0. The maximum Gasteiger partial charge on any atom is 0.239 e. The zero-order valence-corrected chi connectivity index (χ0v) is 16.3. The SMILES string of the molecule is CCC(SC1NC(=O)CC(C)N1)C(=O)Nc1nc(-c2ccccc2)cs1. The monoisotopic (exact) mass is 390 g/mol. The molecule has 1 aliphatic rings. The second kappa shape index (κ2) is 8.66. The van der Waals surface area contributed by atoms with Crippen LogP contribution in [0, 0.1) is 0 Å². The Morgan fingerprint density at radius 3 is 2.88 bits per heavy atom. The lowest BCUT2D eigenvalue weighted by Crippen LogP contribution is -2.54. The molecule has 1 aromatic carbocycles. The third-order valence-corrected chi connectivity index (χ3v) is 6.15. The second-order valence-corrected chi connectivity index (χ2v) is 8.32.